The number of esters is 1. The number of hydrogen-bond acceptors (Lipinski definition) is 5. The average molecular weight is 401 g/mol. The van der Waals surface area contributed by atoms with Crippen molar-refractivity contribution in [3.8, 4) is 0 Å². The number of likely N-dealkylation sites (N-methyl/N-ethyl adjacent to an activating group) is 1. The zero-order valence-corrected chi connectivity index (χ0v) is 16.7. The van der Waals surface area contributed by atoms with Crippen LogP contribution in [0.25, 0.3) is 0 Å². The van der Waals surface area contributed by atoms with Crippen molar-refractivity contribution in [2.75, 3.05) is 19.9 Å². The lowest BCUT2D eigenvalue weighted by atomic mass is 9.87. The first-order valence-electron chi connectivity index (χ1n) is 9.08. The molecule has 0 aromatic heterocycles. The van der Waals surface area contributed by atoms with Crippen LogP contribution in [0, 0.1) is 0 Å². The Balaban J connectivity index is 1.62. The van der Waals surface area contributed by atoms with Crippen LogP contribution in [0.4, 0.5) is 0 Å². The normalized spacial score (nSPS) is 16.1. The quantitative estimate of drug-likeness (QED) is 0.720. The molecular formula is C21H23NO5S. The van der Waals surface area contributed by atoms with Crippen molar-refractivity contribution in [1.29, 1.82) is 0 Å². The van der Waals surface area contributed by atoms with Crippen LogP contribution in [0.3, 0.4) is 0 Å². The molecule has 1 amide bonds. The second kappa shape index (κ2) is 8.14. The van der Waals surface area contributed by atoms with Gasteiger partial charge < -0.3 is 9.64 Å². The van der Waals surface area contributed by atoms with Gasteiger partial charge in [-0.25, -0.2) is 13.2 Å². The van der Waals surface area contributed by atoms with Crippen LogP contribution in [0.15, 0.2) is 53.4 Å². The van der Waals surface area contributed by atoms with Crippen LogP contribution in [0.5, 0.6) is 0 Å². The number of hydrogen-bond donors (Lipinski definition) is 0. The molecule has 0 saturated carbocycles. The zero-order valence-electron chi connectivity index (χ0n) is 15.9. The molecule has 1 atom stereocenters. The van der Waals surface area contributed by atoms with Crippen LogP contribution < -0.4 is 0 Å². The predicted molar refractivity (Wildman–Crippen MR) is 105 cm³/mol. The van der Waals surface area contributed by atoms with Gasteiger partial charge in [-0.3, -0.25) is 4.79 Å². The van der Waals surface area contributed by atoms with Gasteiger partial charge in [-0.15, -0.1) is 0 Å². The Kier molecular flexibility index (Phi) is 5.84. The van der Waals surface area contributed by atoms with Crippen LogP contribution in [-0.4, -0.2) is 45.1 Å². The van der Waals surface area contributed by atoms with E-state index in [2.05, 4.69) is 6.07 Å². The third-order valence-corrected chi connectivity index (χ3v) is 6.17. The second-order valence-electron chi connectivity index (χ2n) is 6.98. The highest BCUT2D eigenvalue weighted by Crippen LogP contribution is 2.33. The van der Waals surface area contributed by atoms with E-state index in [4.69, 9.17) is 4.74 Å². The van der Waals surface area contributed by atoms with E-state index in [0.29, 0.717) is 0 Å². The van der Waals surface area contributed by atoms with Gasteiger partial charge in [0, 0.05) is 13.3 Å². The minimum atomic E-state index is -3.33. The van der Waals surface area contributed by atoms with Crippen molar-refractivity contribution < 1.29 is 22.7 Å². The summed E-state index contributed by atoms with van der Waals surface area (Å²) in [6.07, 6.45) is 3.98. The lowest BCUT2D eigenvalue weighted by Crippen LogP contribution is -2.36. The van der Waals surface area contributed by atoms with Gasteiger partial charge in [0.05, 0.1) is 16.5 Å². The largest absolute Gasteiger partial charge is 0.452 e. The monoisotopic (exact) mass is 401 g/mol. The van der Waals surface area contributed by atoms with Crippen molar-refractivity contribution in [3.05, 3.63) is 65.2 Å². The fourth-order valence-corrected chi connectivity index (χ4v) is 4.09. The Morgan fingerprint density at radius 1 is 1.11 bits per heavy atom. The first-order chi connectivity index (χ1) is 13.3. The number of carbonyl (C=O) groups excluding carboxylic acids is 2. The van der Waals surface area contributed by atoms with E-state index in [0.717, 1.165) is 31.1 Å². The van der Waals surface area contributed by atoms with Gasteiger partial charge in [0.2, 0.25) is 0 Å². The van der Waals surface area contributed by atoms with Crippen LogP contribution in [-0.2, 0) is 25.8 Å². The molecule has 2 aromatic carbocycles. The van der Waals surface area contributed by atoms with E-state index in [1.807, 2.05) is 18.2 Å². The molecular weight excluding hydrogens is 378 g/mol. The van der Waals surface area contributed by atoms with Crippen molar-refractivity contribution >= 4 is 21.7 Å². The molecule has 6 nitrogen and oxygen atoms in total. The maximum atomic E-state index is 12.5. The molecule has 1 aliphatic carbocycles. The average Bonchev–Trinajstić information content (AvgIpc) is 2.70. The van der Waals surface area contributed by atoms with Crippen LogP contribution in [0.1, 0.15) is 40.4 Å². The summed E-state index contributed by atoms with van der Waals surface area (Å²) in [5, 5.41) is 0. The molecule has 0 radical (unpaired) electrons. The molecule has 0 bridgehead atoms. The first-order valence-corrected chi connectivity index (χ1v) is 11.0. The van der Waals surface area contributed by atoms with E-state index in [1.54, 1.807) is 11.9 Å². The van der Waals surface area contributed by atoms with Crippen molar-refractivity contribution in [1.82, 2.24) is 4.90 Å². The first kappa shape index (κ1) is 20.1. The highest BCUT2D eigenvalue weighted by molar-refractivity contribution is 7.90. The number of fused-ring (bicyclic) bond motifs is 1. The molecule has 1 aliphatic rings. The molecule has 0 heterocycles. The van der Waals surface area contributed by atoms with Gasteiger partial charge in [-0.1, -0.05) is 24.3 Å². The maximum absolute atomic E-state index is 12.5. The Morgan fingerprint density at radius 3 is 2.46 bits per heavy atom. The number of aryl methyl sites for hydroxylation is 1. The lowest BCUT2D eigenvalue weighted by Gasteiger charge is -2.33. The fraction of sp³-hybridized carbons (Fsp3) is 0.333. The summed E-state index contributed by atoms with van der Waals surface area (Å²) in [6.45, 7) is -0.359. The lowest BCUT2D eigenvalue weighted by molar-refractivity contribution is -0.135. The number of carbonyl (C=O) groups is 2. The Hall–Kier alpha value is -2.67. The summed E-state index contributed by atoms with van der Waals surface area (Å²) in [6, 6.07) is 13.5. The van der Waals surface area contributed by atoms with Crippen molar-refractivity contribution in [2.45, 2.75) is 30.2 Å². The molecule has 28 heavy (non-hydrogen) atoms. The number of benzene rings is 2. The third kappa shape index (κ3) is 4.42. The van der Waals surface area contributed by atoms with Crippen molar-refractivity contribution in [2.24, 2.45) is 0 Å². The molecule has 0 fully saturated rings. The number of nitrogens with zero attached hydrogens (tertiary/aromatic N) is 1. The summed E-state index contributed by atoms with van der Waals surface area (Å²) >= 11 is 0. The predicted octanol–water partition coefficient (Wildman–Crippen LogP) is 2.78. The number of sulfone groups is 1. The van der Waals surface area contributed by atoms with Gasteiger partial charge >= 0.3 is 5.97 Å². The smallest absolute Gasteiger partial charge is 0.338 e. The Labute approximate surface area is 165 Å². The van der Waals surface area contributed by atoms with E-state index < -0.39 is 15.8 Å². The SMILES string of the molecule is CN(C(=O)COC(=O)c1ccc(S(C)(=O)=O)cc1)[C@H]1CCCc2ccccc21. The van der Waals surface area contributed by atoms with Crippen molar-refractivity contribution in [3.63, 3.8) is 0 Å². The third-order valence-electron chi connectivity index (χ3n) is 5.04. The minimum Gasteiger partial charge on any atom is -0.452 e. The Morgan fingerprint density at radius 2 is 1.79 bits per heavy atom. The van der Waals surface area contributed by atoms with E-state index in [9.17, 15) is 18.0 Å². The van der Waals surface area contributed by atoms with Gasteiger partial charge in [-0.05, 0) is 54.7 Å². The summed E-state index contributed by atoms with van der Waals surface area (Å²) in [5.74, 6) is -0.936. The molecule has 148 valence electrons. The fourth-order valence-electron chi connectivity index (χ4n) is 3.46. The zero-order chi connectivity index (χ0) is 20.3. The molecule has 0 unspecified atom stereocenters. The van der Waals surface area contributed by atoms with E-state index in [-0.39, 0.29) is 29.0 Å². The highest BCUT2D eigenvalue weighted by Gasteiger charge is 2.27. The van der Waals surface area contributed by atoms with E-state index in [1.165, 1.54) is 29.8 Å². The molecule has 2 aromatic rings. The minimum absolute atomic E-state index is 0.0230. The molecule has 3 rings (SSSR count). The molecule has 0 N–H and O–H groups in total. The number of ether oxygens (including phenoxy) is 1. The van der Waals surface area contributed by atoms with Crippen LogP contribution in [0.2, 0.25) is 0 Å². The molecule has 7 heteroatoms. The van der Waals surface area contributed by atoms with Crippen LogP contribution >= 0.6 is 0 Å². The van der Waals surface area contributed by atoms with Gasteiger partial charge in [0.15, 0.2) is 16.4 Å². The number of rotatable bonds is 5. The van der Waals surface area contributed by atoms with Gasteiger partial charge in [-0.2, -0.15) is 0 Å². The molecule has 0 saturated heterocycles. The summed E-state index contributed by atoms with van der Waals surface area (Å²) in [4.78, 5) is 26.5. The topological polar surface area (TPSA) is 80.8 Å². The Bertz CT molecular complexity index is 982. The molecule has 0 aliphatic heterocycles. The molecule has 0 spiro atoms. The van der Waals surface area contributed by atoms with Gasteiger partial charge in [0.25, 0.3) is 5.91 Å². The van der Waals surface area contributed by atoms with Gasteiger partial charge in [0.1, 0.15) is 0 Å². The summed E-state index contributed by atoms with van der Waals surface area (Å²) in [7, 11) is -1.61. The summed E-state index contributed by atoms with van der Waals surface area (Å²) < 4.78 is 28.1. The van der Waals surface area contributed by atoms with E-state index >= 15 is 0 Å². The maximum Gasteiger partial charge on any atom is 0.338 e. The second-order valence-corrected chi connectivity index (χ2v) is 9.00. The number of amides is 1. The standard InChI is InChI=1S/C21H23NO5S/c1-22(19-9-5-7-15-6-3-4-8-18(15)19)20(23)14-27-21(24)16-10-12-17(13-11-16)28(2,25)26/h3-4,6,8,10-13,19H,5,7,9,14H2,1-2H3/t19-/m0/s1. The summed E-state index contributed by atoms with van der Waals surface area (Å²) in [5.41, 5.74) is 2.60. The highest BCUT2D eigenvalue weighted by atomic mass is 32.2.